The molecule has 1 aromatic heterocycles. The van der Waals surface area contributed by atoms with Crippen LogP contribution in [0.5, 0.6) is 0 Å². The molecule has 1 aliphatic heterocycles. The zero-order chi connectivity index (χ0) is 9.42. The van der Waals surface area contributed by atoms with E-state index < -0.39 is 0 Å². The molecule has 0 aliphatic carbocycles. The lowest BCUT2D eigenvalue weighted by molar-refractivity contribution is 0.293. The van der Waals surface area contributed by atoms with Crippen LogP contribution in [0.2, 0.25) is 0 Å². The summed E-state index contributed by atoms with van der Waals surface area (Å²) in [6.45, 7) is 9.76. The van der Waals surface area contributed by atoms with Crippen molar-refractivity contribution in [3.05, 3.63) is 17.0 Å². The highest BCUT2D eigenvalue weighted by molar-refractivity contribution is 5.22. The number of nitrogens with one attached hydrogen (secondary N) is 1. The number of aryl methyl sites for hydroxylation is 1. The van der Waals surface area contributed by atoms with Crippen LogP contribution in [-0.2, 0) is 6.54 Å². The molecule has 72 valence electrons. The summed E-state index contributed by atoms with van der Waals surface area (Å²) in [5.41, 5.74) is 3.83. The molecule has 1 aliphatic rings. The average Bonchev–Trinajstić information content (AvgIpc) is 2.26. The van der Waals surface area contributed by atoms with E-state index in [-0.39, 0.29) is 0 Å². The molecule has 0 unspecified atom stereocenters. The van der Waals surface area contributed by atoms with Gasteiger partial charge >= 0.3 is 0 Å². The lowest BCUT2D eigenvalue weighted by Gasteiger charge is -2.27. The molecule has 0 saturated carbocycles. The molecule has 2 rings (SSSR count). The minimum atomic E-state index is 0.789. The Morgan fingerprint density at radius 1 is 1.38 bits per heavy atom. The first-order chi connectivity index (χ1) is 6.18. The Labute approximate surface area is 79.1 Å². The number of hydrogen-bond donors (Lipinski definition) is 1. The van der Waals surface area contributed by atoms with Gasteiger partial charge in [0.25, 0.3) is 0 Å². The topological polar surface area (TPSA) is 29.9 Å². The summed E-state index contributed by atoms with van der Waals surface area (Å²) in [6.07, 6.45) is 0. The summed E-state index contributed by atoms with van der Waals surface area (Å²) < 4.78 is 2.15. The van der Waals surface area contributed by atoms with Crippen molar-refractivity contribution >= 4 is 0 Å². The molecule has 3 heteroatoms. The standard InChI is InChI=1S/C10H17N3/c1-7-8(2)12-13(9(7)3)6-10-4-11-5-10/h10-11H,4-6H2,1-3H3. The SMILES string of the molecule is Cc1nn(CC2CNC2)c(C)c1C. The second-order valence-electron chi connectivity index (χ2n) is 4.00. The second-order valence-corrected chi connectivity index (χ2v) is 4.00. The van der Waals surface area contributed by atoms with Crippen molar-refractivity contribution in [1.29, 1.82) is 0 Å². The molecule has 0 spiro atoms. The fourth-order valence-electron chi connectivity index (χ4n) is 1.69. The summed E-state index contributed by atoms with van der Waals surface area (Å²) in [5, 5.41) is 7.80. The molecule has 1 saturated heterocycles. The fourth-order valence-corrected chi connectivity index (χ4v) is 1.69. The van der Waals surface area contributed by atoms with Crippen LogP contribution in [-0.4, -0.2) is 22.9 Å². The van der Waals surface area contributed by atoms with Crippen LogP contribution in [0.25, 0.3) is 0 Å². The van der Waals surface area contributed by atoms with Gasteiger partial charge in [-0.1, -0.05) is 0 Å². The quantitative estimate of drug-likeness (QED) is 0.735. The van der Waals surface area contributed by atoms with Crippen LogP contribution in [0.3, 0.4) is 0 Å². The second kappa shape index (κ2) is 3.14. The monoisotopic (exact) mass is 179 g/mol. The zero-order valence-corrected chi connectivity index (χ0v) is 8.59. The van der Waals surface area contributed by atoms with Crippen molar-refractivity contribution in [3.63, 3.8) is 0 Å². The third-order valence-electron chi connectivity index (χ3n) is 3.04. The molecule has 2 heterocycles. The largest absolute Gasteiger partial charge is 0.316 e. The van der Waals surface area contributed by atoms with Gasteiger partial charge in [0, 0.05) is 31.2 Å². The average molecular weight is 179 g/mol. The van der Waals surface area contributed by atoms with Crippen molar-refractivity contribution in [1.82, 2.24) is 15.1 Å². The van der Waals surface area contributed by atoms with E-state index >= 15 is 0 Å². The maximum Gasteiger partial charge on any atom is 0.0625 e. The summed E-state index contributed by atoms with van der Waals surface area (Å²) >= 11 is 0. The van der Waals surface area contributed by atoms with E-state index in [0.717, 1.165) is 25.6 Å². The zero-order valence-electron chi connectivity index (χ0n) is 8.59. The molecule has 0 bridgehead atoms. The van der Waals surface area contributed by atoms with Crippen molar-refractivity contribution in [2.24, 2.45) is 5.92 Å². The minimum absolute atomic E-state index is 0.789. The van der Waals surface area contributed by atoms with Gasteiger partial charge < -0.3 is 5.32 Å². The van der Waals surface area contributed by atoms with E-state index in [4.69, 9.17) is 0 Å². The summed E-state index contributed by atoms with van der Waals surface area (Å²) in [4.78, 5) is 0. The van der Waals surface area contributed by atoms with Gasteiger partial charge in [-0.25, -0.2) is 0 Å². The first-order valence-corrected chi connectivity index (χ1v) is 4.90. The molecule has 3 nitrogen and oxygen atoms in total. The van der Waals surface area contributed by atoms with Crippen molar-refractivity contribution in [2.75, 3.05) is 13.1 Å². The molecule has 0 radical (unpaired) electrons. The smallest absolute Gasteiger partial charge is 0.0625 e. The van der Waals surface area contributed by atoms with Gasteiger partial charge in [-0.15, -0.1) is 0 Å². The molecule has 1 aromatic rings. The Balaban J connectivity index is 2.14. The number of nitrogens with zero attached hydrogens (tertiary/aromatic N) is 2. The molecular formula is C10H17N3. The van der Waals surface area contributed by atoms with Gasteiger partial charge in [0.15, 0.2) is 0 Å². The van der Waals surface area contributed by atoms with Crippen molar-refractivity contribution < 1.29 is 0 Å². The van der Waals surface area contributed by atoms with Gasteiger partial charge in [0.05, 0.1) is 5.69 Å². The Morgan fingerprint density at radius 3 is 2.46 bits per heavy atom. The van der Waals surface area contributed by atoms with Gasteiger partial charge in [-0.05, 0) is 26.3 Å². The van der Waals surface area contributed by atoms with Gasteiger partial charge in [-0.2, -0.15) is 5.10 Å². The Morgan fingerprint density at radius 2 is 2.08 bits per heavy atom. The highest BCUT2D eigenvalue weighted by Crippen LogP contribution is 2.14. The highest BCUT2D eigenvalue weighted by Gasteiger charge is 2.19. The molecule has 0 aromatic carbocycles. The van der Waals surface area contributed by atoms with Crippen molar-refractivity contribution in [2.45, 2.75) is 27.3 Å². The molecular weight excluding hydrogens is 162 g/mol. The van der Waals surface area contributed by atoms with Crippen LogP contribution >= 0.6 is 0 Å². The molecule has 1 N–H and O–H groups in total. The summed E-state index contributed by atoms with van der Waals surface area (Å²) in [5.74, 6) is 0.789. The van der Waals surface area contributed by atoms with Crippen molar-refractivity contribution in [3.8, 4) is 0 Å². The van der Waals surface area contributed by atoms with Gasteiger partial charge in [0.2, 0.25) is 0 Å². The predicted octanol–water partition coefficient (Wildman–Crippen LogP) is 1.03. The van der Waals surface area contributed by atoms with Crippen LogP contribution in [0.1, 0.15) is 17.0 Å². The lowest BCUT2D eigenvalue weighted by atomic mass is 10.0. The Bertz CT molecular complexity index is 310. The van der Waals surface area contributed by atoms with Gasteiger partial charge in [0.1, 0.15) is 0 Å². The Kier molecular flexibility index (Phi) is 2.12. The molecule has 0 amide bonds. The molecule has 0 atom stereocenters. The predicted molar refractivity (Wildman–Crippen MR) is 52.8 cm³/mol. The molecule has 13 heavy (non-hydrogen) atoms. The van der Waals surface area contributed by atoms with E-state index in [1.54, 1.807) is 0 Å². The van der Waals surface area contributed by atoms with Crippen LogP contribution in [0.4, 0.5) is 0 Å². The summed E-state index contributed by atoms with van der Waals surface area (Å²) in [7, 11) is 0. The van der Waals surface area contributed by atoms with Crippen LogP contribution < -0.4 is 5.32 Å². The van der Waals surface area contributed by atoms with E-state index in [1.165, 1.54) is 17.0 Å². The van der Waals surface area contributed by atoms with E-state index in [2.05, 4.69) is 35.9 Å². The summed E-state index contributed by atoms with van der Waals surface area (Å²) in [6, 6.07) is 0. The normalized spacial score (nSPS) is 17.5. The van der Waals surface area contributed by atoms with Gasteiger partial charge in [-0.3, -0.25) is 4.68 Å². The van der Waals surface area contributed by atoms with E-state index in [0.29, 0.717) is 0 Å². The number of aromatic nitrogens is 2. The van der Waals surface area contributed by atoms with E-state index in [1.807, 2.05) is 0 Å². The maximum atomic E-state index is 4.52. The maximum absolute atomic E-state index is 4.52. The molecule has 1 fully saturated rings. The number of hydrogen-bond acceptors (Lipinski definition) is 2. The number of rotatable bonds is 2. The third-order valence-corrected chi connectivity index (χ3v) is 3.04. The minimum Gasteiger partial charge on any atom is -0.316 e. The van der Waals surface area contributed by atoms with Crippen LogP contribution in [0.15, 0.2) is 0 Å². The fraction of sp³-hybridized carbons (Fsp3) is 0.700. The third kappa shape index (κ3) is 1.48. The van der Waals surface area contributed by atoms with Crippen LogP contribution in [0, 0.1) is 26.7 Å². The first-order valence-electron chi connectivity index (χ1n) is 4.90. The van der Waals surface area contributed by atoms with E-state index in [9.17, 15) is 0 Å². The highest BCUT2D eigenvalue weighted by atomic mass is 15.3. The first kappa shape index (κ1) is 8.75. The Hall–Kier alpha value is -0.830. The lowest BCUT2D eigenvalue weighted by Crippen LogP contribution is -2.44.